The normalized spacial score (nSPS) is 16.0. The number of likely N-dealkylation sites (tertiary alicyclic amines) is 1. The third-order valence-electron chi connectivity index (χ3n) is 4.21. The van der Waals surface area contributed by atoms with Crippen molar-refractivity contribution >= 4 is 5.91 Å². The second-order valence-electron chi connectivity index (χ2n) is 6.35. The molecule has 0 spiro atoms. The molecule has 2 heterocycles. The zero-order chi connectivity index (χ0) is 16.2. The van der Waals surface area contributed by atoms with Crippen molar-refractivity contribution < 1.29 is 4.79 Å². The van der Waals surface area contributed by atoms with Gasteiger partial charge in [-0.3, -0.25) is 4.79 Å². The average molecular weight is 312 g/mol. The van der Waals surface area contributed by atoms with E-state index in [-0.39, 0.29) is 5.91 Å². The van der Waals surface area contributed by atoms with Gasteiger partial charge >= 0.3 is 0 Å². The topological polar surface area (TPSA) is 50.2 Å². The molecule has 1 N–H and O–H groups in total. The lowest BCUT2D eigenvalue weighted by Crippen LogP contribution is -2.46. The number of piperidine rings is 1. The number of benzene rings is 1. The van der Waals surface area contributed by atoms with Gasteiger partial charge in [0, 0.05) is 25.2 Å². The predicted molar refractivity (Wildman–Crippen MR) is 90.8 cm³/mol. The van der Waals surface area contributed by atoms with E-state index in [0.29, 0.717) is 17.8 Å². The maximum atomic E-state index is 12.8. The largest absolute Gasteiger partial charge is 0.337 e. The molecule has 3 rings (SSSR count). The molecule has 0 aliphatic carbocycles. The highest BCUT2D eigenvalue weighted by atomic mass is 16.2. The lowest BCUT2D eigenvalue weighted by atomic mass is 10.0. The van der Waals surface area contributed by atoms with Gasteiger partial charge in [-0.15, -0.1) is 0 Å². The molecule has 122 valence electrons. The predicted octanol–water partition coefficient (Wildman–Crippen LogP) is 2.47. The van der Waals surface area contributed by atoms with E-state index in [1.54, 1.807) is 16.9 Å². The molecule has 0 radical (unpaired) electrons. The van der Waals surface area contributed by atoms with Gasteiger partial charge in [-0.1, -0.05) is 32.0 Å². The molecule has 5 heteroatoms. The third-order valence-corrected chi connectivity index (χ3v) is 4.21. The van der Waals surface area contributed by atoms with Crippen LogP contribution in [0.4, 0.5) is 0 Å². The van der Waals surface area contributed by atoms with Crippen molar-refractivity contribution in [3.05, 3.63) is 48.3 Å². The zero-order valence-corrected chi connectivity index (χ0v) is 13.8. The van der Waals surface area contributed by atoms with Gasteiger partial charge in [0.15, 0.2) is 0 Å². The van der Waals surface area contributed by atoms with Gasteiger partial charge in [-0.2, -0.15) is 5.10 Å². The summed E-state index contributed by atoms with van der Waals surface area (Å²) in [4.78, 5) is 14.8. The minimum atomic E-state index is 0.0642. The summed E-state index contributed by atoms with van der Waals surface area (Å²) in [6, 6.07) is 12.6. The maximum Gasteiger partial charge on any atom is 0.272 e. The van der Waals surface area contributed by atoms with Gasteiger partial charge in [0.25, 0.3) is 5.91 Å². The zero-order valence-electron chi connectivity index (χ0n) is 13.8. The Morgan fingerprint density at radius 3 is 2.52 bits per heavy atom. The molecule has 0 bridgehead atoms. The van der Waals surface area contributed by atoms with E-state index in [2.05, 4.69) is 24.3 Å². The minimum Gasteiger partial charge on any atom is -0.337 e. The van der Waals surface area contributed by atoms with Gasteiger partial charge in [0.2, 0.25) is 0 Å². The SMILES string of the molecule is CC(C)NC1CCN(C(=O)c2ccnn2-c2ccccc2)CC1. The Kier molecular flexibility index (Phi) is 4.76. The van der Waals surface area contributed by atoms with E-state index < -0.39 is 0 Å². The summed E-state index contributed by atoms with van der Waals surface area (Å²) in [5.74, 6) is 0.0642. The molecule has 0 atom stereocenters. The molecule has 1 fully saturated rings. The van der Waals surface area contributed by atoms with E-state index in [1.165, 1.54) is 0 Å². The fourth-order valence-corrected chi connectivity index (χ4v) is 3.12. The average Bonchev–Trinajstić information content (AvgIpc) is 3.05. The van der Waals surface area contributed by atoms with Crippen molar-refractivity contribution in [3.63, 3.8) is 0 Å². The van der Waals surface area contributed by atoms with Crippen molar-refractivity contribution in [2.24, 2.45) is 0 Å². The van der Waals surface area contributed by atoms with E-state index in [9.17, 15) is 4.79 Å². The summed E-state index contributed by atoms with van der Waals surface area (Å²) >= 11 is 0. The third kappa shape index (κ3) is 3.62. The minimum absolute atomic E-state index is 0.0642. The van der Waals surface area contributed by atoms with Crippen molar-refractivity contribution in [2.45, 2.75) is 38.8 Å². The number of carbonyl (C=O) groups excluding carboxylic acids is 1. The van der Waals surface area contributed by atoms with Crippen LogP contribution in [0.15, 0.2) is 42.6 Å². The molecular weight excluding hydrogens is 288 g/mol. The molecule has 0 saturated carbocycles. The van der Waals surface area contributed by atoms with Crippen LogP contribution in [0.3, 0.4) is 0 Å². The van der Waals surface area contributed by atoms with Gasteiger partial charge in [0.05, 0.1) is 11.9 Å². The first-order chi connectivity index (χ1) is 11.1. The molecule has 1 aromatic heterocycles. The molecule has 5 nitrogen and oxygen atoms in total. The Bertz CT molecular complexity index is 642. The molecular formula is C18H24N4O. The van der Waals surface area contributed by atoms with E-state index >= 15 is 0 Å². The van der Waals surface area contributed by atoms with Gasteiger partial charge in [-0.05, 0) is 31.0 Å². The quantitative estimate of drug-likeness (QED) is 0.943. The molecule has 1 aliphatic rings. The second-order valence-corrected chi connectivity index (χ2v) is 6.35. The summed E-state index contributed by atoms with van der Waals surface area (Å²) in [7, 11) is 0. The van der Waals surface area contributed by atoms with Crippen LogP contribution in [0, 0.1) is 0 Å². The fourth-order valence-electron chi connectivity index (χ4n) is 3.12. The van der Waals surface area contributed by atoms with E-state index in [4.69, 9.17) is 0 Å². The molecule has 1 aromatic carbocycles. The number of nitrogens with zero attached hydrogens (tertiary/aromatic N) is 3. The van der Waals surface area contributed by atoms with Crippen LogP contribution in [0.5, 0.6) is 0 Å². The van der Waals surface area contributed by atoms with Gasteiger partial charge < -0.3 is 10.2 Å². The number of amides is 1. The monoisotopic (exact) mass is 312 g/mol. The highest BCUT2D eigenvalue weighted by molar-refractivity contribution is 5.93. The standard InChI is InChI=1S/C18H24N4O/c1-14(2)20-15-9-12-21(13-10-15)18(23)17-8-11-19-22(17)16-6-4-3-5-7-16/h3-8,11,14-15,20H,9-10,12-13H2,1-2H3. The molecule has 0 unspecified atom stereocenters. The summed E-state index contributed by atoms with van der Waals surface area (Å²) in [6.07, 6.45) is 3.69. The lowest BCUT2D eigenvalue weighted by Gasteiger charge is -2.33. The van der Waals surface area contributed by atoms with Crippen molar-refractivity contribution in [1.29, 1.82) is 0 Å². The Hall–Kier alpha value is -2.14. The van der Waals surface area contributed by atoms with Crippen molar-refractivity contribution in [1.82, 2.24) is 20.0 Å². The molecule has 1 saturated heterocycles. The number of aromatic nitrogens is 2. The van der Waals surface area contributed by atoms with Crippen LogP contribution in [0.2, 0.25) is 0 Å². The number of hydrogen-bond donors (Lipinski definition) is 1. The Labute approximate surface area is 137 Å². The van der Waals surface area contributed by atoms with Crippen molar-refractivity contribution in [3.8, 4) is 5.69 Å². The van der Waals surface area contributed by atoms with Crippen molar-refractivity contribution in [2.75, 3.05) is 13.1 Å². The Morgan fingerprint density at radius 2 is 1.87 bits per heavy atom. The number of para-hydroxylation sites is 1. The highest BCUT2D eigenvalue weighted by Gasteiger charge is 2.25. The first-order valence-electron chi connectivity index (χ1n) is 8.30. The summed E-state index contributed by atoms with van der Waals surface area (Å²) in [5, 5.41) is 7.87. The highest BCUT2D eigenvalue weighted by Crippen LogP contribution is 2.16. The van der Waals surface area contributed by atoms with Crippen LogP contribution in [-0.4, -0.2) is 45.8 Å². The number of hydrogen-bond acceptors (Lipinski definition) is 3. The lowest BCUT2D eigenvalue weighted by molar-refractivity contribution is 0.0694. The maximum absolute atomic E-state index is 12.8. The van der Waals surface area contributed by atoms with E-state index in [0.717, 1.165) is 31.6 Å². The molecule has 1 aliphatic heterocycles. The summed E-state index contributed by atoms with van der Waals surface area (Å²) in [6.45, 7) is 5.91. The van der Waals surface area contributed by atoms with E-state index in [1.807, 2.05) is 35.2 Å². The Balaban J connectivity index is 1.70. The molecule has 1 amide bonds. The first-order valence-corrected chi connectivity index (χ1v) is 8.30. The summed E-state index contributed by atoms with van der Waals surface area (Å²) in [5.41, 5.74) is 1.55. The molecule has 2 aromatic rings. The van der Waals surface area contributed by atoms with Gasteiger partial charge in [-0.25, -0.2) is 4.68 Å². The second kappa shape index (κ2) is 6.96. The fraction of sp³-hybridized carbons (Fsp3) is 0.444. The van der Waals surface area contributed by atoms with Crippen LogP contribution >= 0.6 is 0 Å². The first kappa shape index (κ1) is 15.7. The number of carbonyl (C=O) groups is 1. The number of nitrogens with one attached hydrogen (secondary N) is 1. The van der Waals surface area contributed by atoms with Crippen LogP contribution in [0.1, 0.15) is 37.2 Å². The molecule has 23 heavy (non-hydrogen) atoms. The van der Waals surface area contributed by atoms with Crippen LogP contribution in [0.25, 0.3) is 5.69 Å². The van der Waals surface area contributed by atoms with Crippen LogP contribution < -0.4 is 5.32 Å². The Morgan fingerprint density at radius 1 is 1.17 bits per heavy atom. The summed E-state index contributed by atoms with van der Waals surface area (Å²) < 4.78 is 1.72. The van der Waals surface area contributed by atoms with Gasteiger partial charge in [0.1, 0.15) is 5.69 Å². The smallest absolute Gasteiger partial charge is 0.272 e. The number of rotatable bonds is 4. The van der Waals surface area contributed by atoms with Crippen LogP contribution in [-0.2, 0) is 0 Å².